The third-order valence-electron chi connectivity index (χ3n) is 4.88. The van der Waals surface area contributed by atoms with Crippen molar-refractivity contribution in [2.24, 2.45) is 0 Å². The van der Waals surface area contributed by atoms with Crippen LogP contribution in [-0.2, 0) is 32.4 Å². The summed E-state index contributed by atoms with van der Waals surface area (Å²) in [6.45, 7) is 2.34. The molecule has 0 aromatic heterocycles. The quantitative estimate of drug-likeness (QED) is 0.763. The Morgan fingerprint density at radius 3 is 2.41 bits per heavy atom. The number of imide groups is 1. The first kappa shape index (κ1) is 19.9. The number of nitrogens with one attached hydrogen (secondary N) is 1. The summed E-state index contributed by atoms with van der Waals surface area (Å²) in [6, 6.07) is 7.44. The maximum atomic E-state index is 12.9. The van der Waals surface area contributed by atoms with Gasteiger partial charge in [0.15, 0.2) is 9.84 Å². The number of hydrogen-bond acceptors (Lipinski definition) is 6. The summed E-state index contributed by atoms with van der Waals surface area (Å²) < 4.78 is 23.8. The lowest BCUT2D eigenvalue weighted by Crippen LogP contribution is -2.42. The highest BCUT2D eigenvalue weighted by atomic mass is 32.2. The third kappa shape index (κ3) is 4.90. The average Bonchev–Trinajstić information content (AvgIpc) is 3.13. The maximum Gasteiger partial charge on any atom is 0.286 e. The number of carbonyl (C=O) groups is 3. The Bertz CT molecular complexity index is 851. The van der Waals surface area contributed by atoms with Crippen molar-refractivity contribution in [2.45, 2.75) is 44.0 Å². The average molecular weight is 411 g/mol. The first-order chi connectivity index (χ1) is 12.8. The number of thioether (sulfide) groups is 1. The van der Waals surface area contributed by atoms with E-state index >= 15 is 0 Å². The Hall–Kier alpha value is -1.87. The van der Waals surface area contributed by atoms with Crippen molar-refractivity contribution in [2.75, 3.05) is 11.5 Å². The molecule has 7 nitrogen and oxygen atoms in total. The molecule has 146 valence electrons. The second kappa shape index (κ2) is 8.02. The lowest BCUT2D eigenvalue weighted by molar-refractivity contribution is -0.135. The van der Waals surface area contributed by atoms with Gasteiger partial charge in [-0.25, -0.2) is 8.42 Å². The number of hydrogen-bond donors (Lipinski definition) is 1. The molecule has 2 fully saturated rings. The number of benzene rings is 1. The minimum Gasteiger partial charge on any atom is -0.334 e. The lowest BCUT2D eigenvalue weighted by Gasteiger charge is -2.29. The predicted octanol–water partition coefficient (Wildman–Crippen LogP) is 1.51. The van der Waals surface area contributed by atoms with Gasteiger partial charge < -0.3 is 4.90 Å². The maximum absolute atomic E-state index is 12.9. The molecule has 2 heterocycles. The number of aryl methyl sites for hydroxylation is 1. The molecule has 2 aliphatic heterocycles. The molecule has 9 heteroatoms. The first-order valence-electron chi connectivity index (χ1n) is 8.86. The van der Waals surface area contributed by atoms with Crippen LogP contribution in [-0.4, -0.2) is 53.2 Å². The Morgan fingerprint density at radius 1 is 1.22 bits per heavy atom. The summed E-state index contributed by atoms with van der Waals surface area (Å²) >= 11 is 0.808. The van der Waals surface area contributed by atoms with Gasteiger partial charge in [0.05, 0.1) is 11.5 Å². The standard InChI is InChI=1S/C18H22N2O5S2/c1-2-12-3-5-13(6-4-12)10-20(14-7-8-27(24,25)11-14)16(21)9-15-17(22)19-18(23)26-15/h3-6,14-15H,2,7-11H2,1H3,(H,19,22,23). The van der Waals surface area contributed by atoms with Crippen molar-refractivity contribution in [3.05, 3.63) is 35.4 Å². The fourth-order valence-corrected chi connectivity index (χ4v) is 5.86. The summed E-state index contributed by atoms with van der Waals surface area (Å²) in [7, 11) is -3.16. The molecule has 2 saturated heterocycles. The first-order valence-corrected chi connectivity index (χ1v) is 11.6. The van der Waals surface area contributed by atoms with Gasteiger partial charge in [-0.1, -0.05) is 43.0 Å². The normalized spacial score (nSPS) is 24.0. The molecule has 2 unspecified atom stereocenters. The Balaban J connectivity index is 1.77. The van der Waals surface area contributed by atoms with Crippen LogP contribution in [0.3, 0.4) is 0 Å². The van der Waals surface area contributed by atoms with Crippen LogP contribution in [0, 0.1) is 0 Å². The van der Waals surface area contributed by atoms with E-state index in [2.05, 4.69) is 12.2 Å². The van der Waals surface area contributed by atoms with Crippen LogP contribution in [0.4, 0.5) is 4.79 Å². The summed E-state index contributed by atoms with van der Waals surface area (Å²) in [5, 5.41) is 0.963. The predicted molar refractivity (Wildman–Crippen MR) is 103 cm³/mol. The summed E-state index contributed by atoms with van der Waals surface area (Å²) in [4.78, 5) is 37.6. The minimum absolute atomic E-state index is 0.0608. The molecule has 3 rings (SSSR count). The van der Waals surface area contributed by atoms with Crippen LogP contribution >= 0.6 is 11.8 Å². The molecule has 0 saturated carbocycles. The monoisotopic (exact) mass is 410 g/mol. The number of carbonyl (C=O) groups excluding carboxylic acids is 3. The van der Waals surface area contributed by atoms with Gasteiger partial charge in [0.2, 0.25) is 11.8 Å². The number of amides is 3. The van der Waals surface area contributed by atoms with E-state index in [4.69, 9.17) is 0 Å². The van der Waals surface area contributed by atoms with E-state index in [0.717, 1.165) is 23.7 Å². The Labute approximate surface area is 162 Å². The molecule has 0 spiro atoms. The smallest absolute Gasteiger partial charge is 0.286 e. The van der Waals surface area contributed by atoms with Gasteiger partial charge in [-0.2, -0.15) is 0 Å². The molecule has 2 atom stereocenters. The largest absolute Gasteiger partial charge is 0.334 e. The highest BCUT2D eigenvalue weighted by Gasteiger charge is 2.38. The van der Waals surface area contributed by atoms with Crippen molar-refractivity contribution in [1.82, 2.24) is 10.2 Å². The fraction of sp³-hybridized carbons (Fsp3) is 0.500. The van der Waals surface area contributed by atoms with Crippen LogP contribution in [0.1, 0.15) is 30.9 Å². The molecule has 1 N–H and O–H groups in total. The van der Waals surface area contributed by atoms with Gasteiger partial charge in [-0.05, 0) is 24.0 Å². The van der Waals surface area contributed by atoms with Crippen molar-refractivity contribution < 1.29 is 22.8 Å². The highest BCUT2D eigenvalue weighted by Crippen LogP contribution is 2.26. The molecule has 0 bridgehead atoms. The van der Waals surface area contributed by atoms with E-state index in [1.165, 1.54) is 5.56 Å². The molecule has 1 aromatic rings. The Kier molecular flexibility index (Phi) is 5.90. The van der Waals surface area contributed by atoms with Crippen molar-refractivity contribution in [3.63, 3.8) is 0 Å². The van der Waals surface area contributed by atoms with E-state index in [1.807, 2.05) is 24.3 Å². The van der Waals surface area contributed by atoms with Crippen LogP contribution in [0.2, 0.25) is 0 Å². The van der Waals surface area contributed by atoms with E-state index in [-0.39, 0.29) is 30.4 Å². The second-order valence-electron chi connectivity index (χ2n) is 6.84. The summed E-state index contributed by atoms with van der Waals surface area (Å²) in [6.07, 6.45) is 1.18. The molecular weight excluding hydrogens is 388 g/mol. The number of nitrogens with zero attached hydrogens (tertiary/aromatic N) is 1. The molecule has 0 radical (unpaired) electrons. The lowest BCUT2D eigenvalue weighted by atomic mass is 10.1. The van der Waals surface area contributed by atoms with Crippen LogP contribution in [0.5, 0.6) is 0 Å². The van der Waals surface area contributed by atoms with Gasteiger partial charge in [0.1, 0.15) is 5.25 Å². The van der Waals surface area contributed by atoms with Crippen LogP contribution in [0.25, 0.3) is 0 Å². The van der Waals surface area contributed by atoms with Gasteiger partial charge >= 0.3 is 0 Å². The van der Waals surface area contributed by atoms with Gasteiger partial charge in [0.25, 0.3) is 5.24 Å². The van der Waals surface area contributed by atoms with Crippen LogP contribution in [0.15, 0.2) is 24.3 Å². The van der Waals surface area contributed by atoms with E-state index in [0.29, 0.717) is 6.42 Å². The van der Waals surface area contributed by atoms with E-state index in [9.17, 15) is 22.8 Å². The van der Waals surface area contributed by atoms with Crippen molar-refractivity contribution in [1.29, 1.82) is 0 Å². The van der Waals surface area contributed by atoms with E-state index in [1.54, 1.807) is 4.90 Å². The van der Waals surface area contributed by atoms with Crippen molar-refractivity contribution in [3.8, 4) is 0 Å². The summed E-state index contributed by atoms with van der Waals surface area (Å²) in [5.41, 5.74) is 2.09. The number of sulfone groups is 1. The molecule has 3 amide bonds. The fourth-order valence-electron chi connectivity index (χ4n) is 3.32. The third-order valence-corrected chi connectivity index (χ3v) is 7.61. The zero-order valence-electron chi connectivity index (χ0n) is 15.0. The molecule has 1 aromatic carbocycles. The van der Waals surface area contributed by atoms with Crippen LogP contribution < -0.4 is 5.32 Å². The number of rotatable bonds is 6. The summed E-state index contributed by atoms with van der Waals surface area (Å²) in [5.74, 6) is -0.772. The van der Waals surface area contributed by atoms with E-state index < -0.39 is 32.3 Å². The Morgan fingerprint density at radius 2 is 1.89 bits per heavy atom. The molecule has 2 aliphatic rings. The van der Waals surface area contributed by atoms with Crippen molar-refractivity contribution >= 4 is 38.7 Å². The zero-order chi connectivity index (χ0) is 19.6. The highest BCUT2D eigenvalue weighted by molar-refractivity contribution is 8.15. The second-order valence-corrected chi connectivity index (χ2v) is 10.2. The van der Waals surface area contributed by atoms with Gasteiger partial charge in [-0.15, -0.1) is 0 Å². The minimum atomic E-state index is -3.16. The molecular formula is C18H22N2O5S2. The SMILES string of the molecule is CCc1ccc(CN(C(=O)CC2SC(=O)NC2=O)C2CCS(=O)(=O)C2)cc1. The molecule has 0 aliphatic carbocycles. The molecule has 27 heavy (non-hydrogen) atoms. The van der Waals surface area contributed by atoms with Gasteiger partial charge in [0, 0.05) is 19.0 Å². The van der Waals surface area contributed by atoms with Gasteiger partial charge in [-0.3, -0.25) is 19.7 Å². The zero-order valence-corrected chi connectivity index (χ0v) is 16.6. The topological polar surface area (TPSA) is 101 Å².